The predicted octanol–water partition coefficient (Wildman–Crippen LogP) is 2.68. The zero-order valence-electron chi connectivity index (χ0n) is 12.4. The van der Waals surface area contributed by atoms with Crippen LogP contribution in [0.5, 0.6) is 0 Å². The quantitative estimate of drug-likeness (QED) is 0.459. The highest BCUT2D eigenvalue weighted by Crippen LogP contribution is 2.34. The van der Waals surface area contributed by atoms with Crippen LogP contribution in [-0.4, -0.2) is 26.2 Å². The average molecular weight is 327 g/mol. The molecule has 0 radical (unpaired) electrons. The van der Waals surface area contributed by atoms with Crippen LogP contribution in [0.25, 0.3) is 0 Å². The Kier molecular flexibility index (Phi) is 7.09. The summed E-state index contributed by atoms with van der Waals surface area (Å²) in [6.07, 6.45) is -2.77. The number of carbonyl (C=O) groups is 1. The highest BCUT2D eigenvalue weighted by atomic mass is 19.4. The molecular weight excluding hydrogens is 311 g/mol. The second-order valence-electron chi connectivity index (χ2n) is 4.47. The number of alkyl halides is 3. The fraction of sp³-hybridized carbons (Fsp3) is 0.333. The monoisotopic (exact) mass is 327 g/mol. The van der Waals surface area contributed by atoms with Gasteiger partial charge in [0, 0.05) is 26.5 Å². The number of ether oxygens (including phenoxy) is 1. The molecule has 1 aromatic rings. The van der Waals surface area contributed by atoms with E-state index in [1.54, 1.807) is 13.2 Å². The third kappa shape index (κ3) is 6.00. The molecular formula is C15H16F3N3O2. The van der Waals surface area contributed by atoms with Crippen molar-refractivity contribution in [2.24, 2.45) is 0 Å². The second kappa shape index (κ2) is 8.80. The molecule has 0 fully saturated rings. The van der Waals surface area contributed by atoms with Gasteiger partial charge in [-0.15, -0.1) is 0 Å². The zero-order valence-corrected chi connectivity index (χ0v) is 12.4. The lowest BCUT2D eigenvalue weighted by molar-refractivity contribution is -0.137. The van der Waals surface area contributed by atoms with Crippen LogP contribution in [-0.2, 0) is 15.7 Å². The van der Waals surface area contributed by atoms with Crippen molar-refractivity contribution in [3.8, 4) is 6.07 Å². The third-order valence-electron chi connectivity index (χ3n) is 2.76. The van der Waals surface area contributed by atoms with Gasteiger partial charge >= 0.3 is 6.18 Å². The lowest BCUT2D eigenvalue weighted by Gasteiger charge is -2.13. The molecule has 8 heteroatoms. The summed E-state index contributed by atoms with van der Waals surface area (Å²) in [7, 11) is 1.54. The summed E-state index contributed by atoms with van der Waals surface area (Å²) in [6.45, 7) is 0.972. The molecule has 1 aromatic carbocycles. The summed E-state index contributed by atoms with van der Waals surface area (Å²) < 4.78 is 43.4. The second-order valence-corrected chi connectivity index (χ2v) is 4.47. The van der Waals surface area contributed by atoms with Gasteiger partial charge in [0.2, 0.25) is 0 Å². The van der Waals surface area contributed by atoms with Gasteiger partial charge in [0.25, 0.3) is 5.91 Å². The molecule has 0 aliphatic heterocycles. The Hall–Kier alpha value is -2.53. The fourth-order valence-electron chi connectivity index (χ4n) is 1.67. The fourth-order valence-corrected chi connectivity index (χ4v) is 1.67. The molecule has 0 saturated heterocycles. The van der Waals surface area contributed by atoms with E-state index in [2.05, 4.69) is 10.6 Å². The van der Waals surface area contributed by atoms with E-state index in [0.717, 1.165) is 12.1 Å². The normalized spacial score (nSPS) is 11.7. The highest BCUT2D eigenvalue weighted by Gasteiger charge is 2.33. The minimum Gasteiger partial charge on any atom is -0.390 e. The molecule has 0 unspecified atom stereocenters. The Bertz CT molecular complexity index is 607. The van der Waals surface area contributed by atoms with Crippen LogP contribution in [0.2, 0.25) is 0 Å². The van der Waals surface area contributed by atoms with Crippen LogP contribution in [0.3, 0.4) is 0 Å². The zero-order chi connectivity index (χ0) is 17.3. The molecule has 0 atom stereocenters. The Morgan fingerprint density at radius 2 is 2.09 bits per heavy atom. The number of hydrogen-bond acceptors (Lipinski definition) is 4. The molecule has 0 saturated carbocycles. The maximum Gasteiger partial charge on any atom is 0.418 e. The summed E-state index contributed by atoms with van der Waals surface area (Å²) in [6, 6.07) is 6.21. The molecule has 0 spiro atoms. The van der Waals surface area contributed by atoms with Crippen LogP contribution in [0.1, 0.15) is 12.0 Å². The number of nitrogens with one attached hydrogen (secondary N) is 2. The van der Waals surface area contributed by atoms with Gasteiger partial charge in [-0.3, -0.25) is 4.79 Å². The summed E-state index contributed by atoms with van der Waals surface area (Å²) >= 11 is 0. The first-order valence-electron chi connectivity index (χ1n) is 6.70. The van der Waals surface area contributed by atoms with Crippen LogP contribution in [0, 0.1) is 11.3 Å². The van der Waals surface area contributed by atoms with E-state index in [1.165, 1.54) is 18.3 Å². The van der Waals surface area contributed by atoms with Crippen molar-refractivity contribution >= 4 is 11.6 Å². The van der Waals surface area contributed by atoms with Crippen molar-refractivity contribution in [1.82, 2.24) is 5.32 Å². The van der Waals surface area contributed by atoms with Crippen molar-refractivity contribution < 1.29 is 22.7 Å². The minimum absolute atomic E-state index is 0.320. The number of anilines is 1. The molecule has 0 bridgehead atoms. The third-order valence-corrected chi connectivity index (χ3v) is 2.76. The number of rotatable bonds is 7. The Morgan fingerprint density at radius 1 is 1.39 bits per heavy atom. The average Bonchev–Trinajstić information content (AvgIpc) is 2.50. The van der Waals surface area contributed by atoms with Gasteiger partial charge in [0.15, 0.2) is 0 Å². The number of nitrogens with zero attached hydrogens (tertiary/aromatic N) is 1. The lowest BCUT2D eigenvalue weighted by Crippen LogP contribution is -2.20. The molecule has 5 nitrogen and oxygen atoms in total. The van der Waals surface area contributed by atoms with Crippen molar-refractivity contribution in [3.63, 3.8) is 0 Å². The van der Waals surface area contributed by atoms with E-state index in [0.29, 0.717) is 19.6 Å². The number of benzene rings is 1. The Balaban J connectivity index is 2.78. The Labute approximate surface area is 131 Å². The smallest absolute Gasteiger partial charge is 0.390 e. The predicted molar refractivity (Wildman–Crippen MR) is 78.3 cm³/mol. The van der Waals surface area contributed by atoms with Crippen molar-refractivity contribution in [2.45, 2.75) is 12.6 Å². The van der Waals surface area contributed by atoms with E-state index < -0.39 is 23.3 Å². The first kappa shape index (κ1) is 18.5. The molecule has 1 rings (SSSR count). The molecule has 124 valence electrons. The largest absolute Gasteiger partial charge is 0.418 e. The minimum atomic E-state index is -4.60. The van der Waals surface area contributed by atoms with Gasteiger partial charge < -0.3 is 15.4 Å². The maximum absolute atomic E-state index is 12.8. The van der Waals surface area contributed by atoms with E-state index in [9.17, 15) is 18.0 Å². The molecule has 1 amide bonds. The van der Waals surface area contributed by atoms with E-state index in [4.69, 9.17) is 10.00 Å². The van der Waals surface area contributed by atoms with E-state index in [-0.39, 0.29) is 5.57 Å². The maximum atomic E-state index is 12.8. The molecule has 23 heavy (non-hydrogen) atoms. The van der Waals surface area contributed by atoms with Crippen LogP contribution >= 0.6 is 0 Å². The van der Waals surface area contributed by atoms with Crippen LogP contribution in [0.15, 0.2) is 36.0 Å². The van der Waals surface area contributed by atoms with Crippen LogP contribution < -0.4 is 10.6 Å². The van der Waals surface area contributed by atoms with Gasteiger partial charge in [0.1, 0.15) is 11.6 Å². The molecule has 0 heterocycles. The first-order valence-corrected chi connectivity index (χ1v) is 6.70. The van der Waals surface area contributed by atoms with E-state index >= 15 is 0 Å². The van der Waals surface area contributed by atoms with Crippen molar-refractivity contribution in [3.05, 3.63) is 41.6 Å². The van der Waals surface area contributed by atoms with Gasteiger partial charge in [-0.1, -0.05) is 12.1 Å². The number of methoxy groups -OCH3 is 1. The van der Waals surface area contributed by atoms with Gasteiger partial charge in [-0.25, -0.2) is 0 Å². The number of para-hydroxylation sites is 1. The number of amides is 1. The molecule has 0 aliphatic rings. The van der Waals surface area contributed by atoms with E-state index in [1.807, 2.05) is 0 Å². The molecule has 0 aliphatic carbocycles. The Morgan fingerprint density at radius 3 is 2.70 bits per heavy atom. The highest BCUT2D eigenvalue weighted by molar-refractivity contribution is 6.06. The number of carbonyl (C=O) groups excluding carboxylic acids is 1. The van der Waals surface area contributed by atoms with Gasteiger partial charge in [-0.05, 0) is 18.6 Å². The summed E-state index contributed by atoms with van der Waals surface area (Å²) in [5, 5.41) is 13.8. The topological polar surface area (TPSA) is 74.1 Å². The molecule has 0 aromatic heterocycles. The SMILES string of the molecule is COCCCN/C=C(/C#N)C(=O)Nc1ccccc1C(F)(F)F. The van der Waals surface area contributed by atoms with Crippen LogP contribution in [0.4, 0.5) is 18.9 Å². The number of halogens is 3. The lowest BCUT2D eigenvalue weighted by atomic mass is 10.1. The summed E-state index contributed by atoms with van der Waals surface area (Å²) in [5.74, 6) is -0.913. The van der Waals surface area contributed by atoms with Gasteiger partial charge in [-0.2, -0.15) is 18.4 Å². The van der Waals surface area contributed by atoms with Gasteiger partial charge in [0.05, 0.1) is 11.3 Å². The molecule has 2 N–H and O–H groups in total. The van der Waals surface area contributed by atoms with Crippen molar-refractivity contribution in [1.29, 1.82) is 5.26 Å². The first-order chi connectivity index (χ1) is 10.9. The summed E-state index contributed by atoms with van der Waals surface area (Å²) in [4.78, 5) is 11.9. The number of hydrogen-bond donors (Lipinski definition) is 2. The standard InChI is InChI=1S/C15H16F3N3O2/c1-23-8-4-7-20-10-11(9-19)14(22)21-13-6-3-2-5-12(13)15(16,17)18/h2-3,5-6,10,20H,4,7-8H2,1H3,(H,21,22)/b11-10-. The van der Waals surface area contributed by atoms with Crippen molar-refractivity contribution in [2.75, 3.05) is 25.6 Å². The summed E-state index contributed by atoms with van der Waals surface area (Å²) in [5.41, 5.74) is -1.69. The number of nitriles is 1.